The first kappa shape index (κ1) is 13.1. The predicted molar refractivity (Wildman–Crippen MR) is 81.5 cm³/mol. The van der Waals surface area contributed by atoms with Crippen molar-refractivity contribution in [3.8, 4) is 0 Å². The summed E-state index contributed by atoms with van der Waals surface area (Å²) in [6, 6.07) is 7.86. The summed E-state index contributed by atoms with van der Waals surface area (Å²) in [5, 5.41) is 4.24. The minimum Gasteiger partial charge on any atom is -0.332 e. The van der Waals surface area contributed by atoms with Gasteiger partial charge in [-0.25, -0.2) is 4.98 Å². The number of amides is 1. The number of likely N-dealkylation sites (tertiary alicyclic amines) is 1. The Bertz CT molecular complexity index is 759. The summed E-state index contributed by atoms with van der Waals surface area (Å²) < 4.78 is 3.77. The maximum Gasteiger partial charge on any atom is 0.274 e. The number of pyridine rings is 1. The maximum atomic E-state index is 12.8. The predicted octanol–water partition coefficient (Wildman–Crippen LogP) is 1.84. The summed E-state index contributed by atoms with van der Waals surface area (Å²) in [6.45, 7) is 1.53. The van der Waals surface area contributed by atoms with E-state index in [9.17, 15) is 4.79 Å². The van der Waals surface area contributed by atoms with Crippen LogP contribution >= 0.6 is 0 Å². The molecule has 4 rings (SSSR count). The molecule has 0 radical (unpaired) electrons. The molecule has 6 heteroatoms. The van der Waals surface area contributed by atoms with Crippen molar-refractivity contribution in [2.24, 2.45) is 0 Å². The average Bonchev–Trinajstić information content (AvgIpc) is 3.27. The second-order valence-electron chi connectivity index (χ2n) is 5.61. The lowest BCUT2D eigenvalue weighted by Crippen LogP contribution is -2.38. The van der Waals surface area contributed by atoms with Crippen molar-refractivity contribution in [1.82, 2.24) is 24.1 Å². The van der Waals surface area contributed by atoms with Crippen molar-refractivity contribution in [1.29, 1.82) is 0 Å². The van der Waals surface area contributed by atoms with Crippen LogP contribution in [0.3, 0.4) is 0 Å². The second kappa shape index (κ2) is 5.29. The van der Waals surface area contributed by atoms with Crippen molar-refractivity contribution < 1.29 is 4.79 Å². The highest BCUT2D eigenvalue weighted by Gasteiger charge is 2.30. The van der Waals surface area contributed by atoms with Crippen LogP contribution in [0.4, 0.5) is 0 Å². The molecule has 0 spiro atoms. The molecule has 4 heterocycles. The number of hydrogen-bond acceptors (Lipinski definition) is 3. The topological polar surface area (TPSA) is 55.4 Å². The minimum absolute atomic E-state index is 0.0124. The number of imidazole rings is 1. The number of carbonyl (C=O) groups is 1. The van der Waals surface area contributed by atoms with Gasteiger partial charge in [0, 0.05) is 31.3 Å². The largest absolute Gasteiger partial charge is 0.332 e. The van der Waals surface area contributed by atoms with Gasteiger partial charge in [-0.3, -0.25) is 9.48 Å². The van der Waals surface area contributed by atoms with Gasteiger partial charge in [0.2, 0.25) is 0 Å². The molecular weight excluding hydrogens is 278 g/mol. The number of rotatable bonds is 3. The molecule has 3 aromatic rings. The summed E-state index contributed by atoms with van der Waals surface area (Å²) in [7, 11) is 0. The highest BCUT2D eigenvalue weighted by molar-refractivity contribution is 5.93. The summed E-state index contributed by atoms with van der Waals surface area (Å²) in [6.07, 6.45) is 9.46. The monoisotopic (exact) mass is 295 g/mol. The smallest absolute Gasteiger partial charge is 0.274 e. The number of carbonyl (C=O) groups excluding carboxylic acids is 1. The molecule has 0 aliphatic carbocycles. The van der Waals surface area contributed by atoms with Crippen molar-refractivity contribution >= 4 is 11.6 Å². The maximum absolute atomic E-state index is 12.8. The van der Waals surface area contributed by atoms with Crippen LogP contribution in [0.2, 0.25) is 0 Å². The zero-order valence-electron chi connectivity index (χ0n) is 12.2. The van der Waals surface area contributed by atoms with E-state index < -0.39 is 0 Å². The van der Waals surface area contributed by atoms with Crippen LogP contribution in [0.25, 0.3) is 5.65 Å². The van der Waals surface area contributed by atoms with E-state index >= 15 is 0 Å². The Morgan fingerprint density at radius 3 is 3.05 bits per heavy atom. The lowest BCUT2D eigenvalue weighted by atomic mass is 10.2. The molecule has 22 heavy (non-hydrogen) atoms. The molecule has 1 aliphatic rings. The Kier molecular flexibility index (Phi) is 3.14. The normalized spacial score (nSPS) is 18.2. The average molecular weight is 295 g/mol. The Morgan fingerprint density at radius 2 is 2.23 bits per heavy atom. The molecule has 3 aromatic heterocycles. The summed E-state index contributed by atoms with van der Waals surface area (Å²) in [5.41, 5.74) is 1.31. The zero-order chi connectivity index (χ0) is 14.9. The van der Waals surface area contributed by atoms with Gasteiger partial charge >= 0.3 is 0 Å². The van der Waals surface area contributed by atoms with Crippen molar-refractivity contribution in [2.75, 3.05) is 6.54 Å². The first-order valence-electron chi connectivity index (χ1n) is 7.53. The van der Waals surface area contributed by atoms with E-state index in [-0.39, 0.29) is 11.9 Å². The zero-order valence-corrected chi connectivity index (χ0v) is 12.2. The number of nitrogens with zero attached hydrogens (tertiary/aromatic N) is 5. The molecule has 6 nitrogen and oxygen atoms in total. The first-order chi connectivity index (χ1) is 10.8. The van der Waals surface area contributed by atoms with Crippen LogP contribution in [0, 0.1) is 0 Å². The molecule has 0 bridgehead atoms. The molecule has 0 N–H and O–H groups in total. The van der Waals surface area contributed by atoms with Crippen LogP contribution in [-0.4, -0.2) is 42.6 Å². The molecule has 1 amide bonds. The van der Waals surface area contributed by atoms with Crippen LogP contribution in [-0.2, 0) is 6.54 Å². The van der Waals surface area contributed by atoms with Gasteiger partial charge in [-0.2, -0.15) is 5.10 Å². The fraction of sp³-hybridized carbons (Fsp3) is 0.312. The van der Waals surface area contributed by atoms with Gasteiger partial charge < -0.3 is 9.30 Å². The molecule has 0 aromatic carbocycles. The van der Waals surface area contributed by atoms with Crippen LogP contribution in [0.5, 0.6) is 0 Å². The highest BCUT2D eigenvalue weighted by Crippen LogP contribution is 2.21. The fourth-order valence-electron chi connectivity index (χ4n) is 3.10. The minimum atomic E-state index is 0.0124. The lowest BCUT2D eigenvalue weighted by Gasteiger charge is -2.23. The van der Waals surface area contributed by atoms with E-state index in [1.807, 2.05) is 50.6 Å². The Balaban J connectivity index is 1.58. The number of fused-ring (bicyclic) bond motifs is 1. The van der Waals surface area contributed by atoms with Crippen LogP contribution in [0.15, 0.2) is 49.1 Å². The summed E-state index contributed by atoms with van der Waals surface area (Å²) in [4.78, 5) is 19.1. The van der Waals surface area contributed by atoms with Gasteiger partial charge in [0.1, 0.15) is 11.3 Å². The van der Waals surface area contributed by atoms with Gasteiger partial charge in [0.15, 0.2) is 0 Å². The third kappa shape index (κ3) is 2.26. The first-order valence-corrected chi connectivity index (χ1v) is 7.53. The van der Waals surface area contributed by atoms with E-state index in [2.05, 4.69) is 10.1 Å². The summed E-state index contributed by atoms with van der Waals surface area (Å²) >= 11 is 0. The van der Waals surface area contributed by atoms with Gasteiger partial charge in [-0.15, -0.1) is 0 Å². The van der Waals surface area contributed by atoms with Crippen LogP contribution < -0.4 is 0 Å². The van der Waals surface area contributed by atoms with Gasteiger partial charge in [-0.1, -0.05) is 6.07 Å². The molecule has 1 atom stereocenters. The molecule has 0 saturated carbocycles. The molecule has 112 valence electrons. The number of hydrogen-bond donors (Lipinski definition) is 0. The van der Waals surface area contributed by atoms with E-state index in [0.717, 1.165) is 31.6 Å². The quantitative estimate of drug-likeness (QED) is 0.741. The van der Waals surface area contributed by atoms with Crippen molar-refractivity contribution in [3.63, 3.8) is 0 Å². The van der Waals surface area contributed by atoms with Gasteiger partial charge in [0.05, 0.1) is 12.6 Å². The van der Waals surface area contributed by atoms with Gasteiger partial charge in [0.25, 0.3) is 5.91 Å². The molecule has 1 fully saturated rings. The molecule has 1 saturated heterocycles. The molecule has 1 aliphatic heterocycles. The Hall–Kier alpha value is -2.63. The Labute approximate surface area is 128 Å². The lowest BCUT2D eigenvalue weighted by molar-refractivity contribution is 0.0716. The van der Waals surface area contributed by atoms with Crippen LogP contribution in [0.1, 0.15) is 23.3 Å². The second-order valence-corrected chi connectivity index (χ2v) is 5.61. The highest BCUT2D eigenvalue weighted by atomic mass is 16.2. The van der Waals surface area contributed by atoms with Gasteiger partial charge in [-0.05, 0) is 31.0 Å². The van der Waals surface area contributed by atoms with Crippen molar-refractivity contribution in [3.05, 3.63) is 54.7 Å². The SMILES string of the molecule is O=C(c1cn2ccccc2n1)N1CCCC1Cn1cccn1. The third-order valence-corrected chi connectivity index (χ3v) is 4.18. The molecular formula is C16H17N5O. The summed E-state index contributed by atoms with van der Waals surface area (Å²) in [5.74, 6) is 0.0124. The van der Waals surface area contributed by atoms with Crippen molar-refractivity contribution in [2.45, 2.75) is 25.4 Å². The number of aromatic nitrogens is 4. The van der Waals surface area contributed by atoms with E-state index in [1.165, 1.54) is 0 Å². The third-order valence-electron chi connectivity index (χ3n) is 4.18. The van der Waals surface area contributed by atoms with E-state index in [4.69, 9.17) is 0 Å². The molecule has 1 unspecified atom stereocenters. The standard InChI is InChI=1S/C16H17N5O/c22-16(14-12-19-8-2-1-6-15(19)18-14)21-10-3-5-13(21)11-20-9-4-7-17-20/h1-2,4,6-9,12-13H,3,5,10-11H2. The fourth-order valence-corrected chi connectivity index (χ4v) is 3.10. The van der Waals surface area contributed by atoms with E-state index in [0.29, 0.717) is 5.69 Å². The Morgan fingerprint density at radius 1 is 1.27 bits per heavy atom. The van der Waals surface area contributed by atoms with E-state index in [1.54, 1.807) is 12.4 Å².